The smallest absolute Gasteiger partial charge is 0.234 e. The topological polar surface area (TPSA) is 63.1 Å². The van der Waals surface area contributed by atoms with Gasteiger partial charge in [-0.05, 0) is 62.8 Å². The molecule has 1 saturated carbocycles. The van der Waals surface area contributed by atoms with E-state index in [-0.39, 0.29) is 5.91 Å². The maximum Gasteiger partial charge on any atom is 0.234 e. The molecule has 1 aliphatic carbocycles. The van der Waals surface area contributed by atoms with Crippen LogP contribution in [0.2, 0.25) is 0 Å². The van der Waals surface area contributed by atoms with Gasteiger partial charge in [0.25, 0.3) is 0 Å². The number of benzene rings is 1. The van der Waals surface area contributed by atoms with Gasteiger partial charge in [-0.25, -0.2) is 0 Å². The highest BCUT2D eigenvalue weighted by atomic mass is 32.2. The van der Waals surface area contributed by atoms with Crippen molar-refractivity contribution in [2.75, 3.05) is 29.1 Å². The molecule has 144 valence electrons. The fourth-order valence-electron chi connectivity index (χ4n) is 3.55. The number of amides is 1. The molecule has 6 nitrogen and oxygen atoms in total. The molecule has 4 rings (SSSR count). The van der Waals surface area contributed by atoms with Crippen LogP contribution in [0.25, 0.3) is 0 Å². The van der Waals surface area contributed by atoms with Gasteiger partial charge in [-0.3, -0.25) is 4.79 Å². The van der Waals surface area contributed by atoms with Gasteiger partial charge in [0.05, 0.1) is 5.75 Å². The number of rotatable bonds is 6. The van der Waals surface area contributed by atoms with Crippen molar-refractivity contribution in [2.45, 2.75) is 50.7 Å². The Balaban J connectivity index is 1.29. The quantitative estimate of drug-likeness (QED) is 0.765. The molecule has 1 N–H and O–H groups in total. The zero-order valence-electron chi connectivity index (χ0n) is 16.0. The van der Waals surface area contributed by atoms with E-state index in [0.29, 0.717) is 11.8 Å². The summed E-state index contributed by atoms with van der Waals surface area (Å²) in [5.41, 5.74) is 2.08. The fourth-order valence-corrected chi connectivity index (χ4v) is 4.40. The SMILES string of the molecule is Cc1nnc(SCC(=O)Nc2ccc(N3CCC(C)CC3)cc2)n1C1CC1. The van der Waals surface area contributed by atoms with E-state index in [0.717, 1.165) is 35.7 Å². The van der Waals surface area contributed by atoms with Gasteiger partial charge < -0.3 is 14.8 Å². The van der Waals surface area contributed by atoms with Gasteiger partial charge in [0.1, 0.15) is 5.82 Å². The molecule has 2 fully saturated rings. The Morgan fingerprint density at radius 2 is 1.85 bits per heavy atom. The van der Waals surface area contributed by atoms with Crippen molar-refractivity contribution in [1.29, 1.82) is 0 Å². The summed E-state index contributed by atoms with van der Waals surface area (Å²) in [6, 6.07) is 8.72. The average molecular weight is 386 g/mol. The fraction of sp³-hybridized carbons (Fsp3) is 0.550. The molecule has 0 unspecified atom stereocenters. The van der Waals surface area contributed by atoms with Gasteiger partial charge in [0.15, 0.2) is 5.16 Å². The lowest BCUT2D eigenvalue weighted by molar-refractivity contribution is -0.113. The molecule has 1 aromatic heterocycles. The van der Waals surface area contributed by atoms with E-state index in [4.69, 9.17) is 0 Å². The summed E-state index contributed by atoms with van der Waals surface area (Å²) < 4.78 is 2.16. The number of nitrogens with zero attached hydrogens (tertiary/aromatic N) is 4. The van der Waals surface area contributed by atoms with E-state index in [9.17, 15) is 4.79 Å². The predicted molar refractivity (Wildman–Crippen MR) is 109 cm³/mol. The number of aromatic nitrogens is 3. The van der Waals surface area contributed by atoms with E-state index in [1.54, 1.807) is 0 Å². The van der Waals surface area contributed by atoms with Crippen LogP contribution >= 0.6 is 11.8 Å². The van der Waals surface area contributed by atoms with Crippen molar-refractivity contribution in [1.82, 2.24) is 14.8 Å². The predicted octanol–water partition coefficient (Wildman–Crippen LogP) is 3.89. The number of carbonyl (C=O) groups excluding carboxylic acids is 1. The largest absolute Gasteiger partial charge is 0.372 e. The highest BCUT2D eigenvalue weighted by molar-refractivity contribution is 7.99. The highest BCUT2D eigenvalue weighted by Crippen LogP contribution is 2.38. The molecular weight excluding hydrogens is 358 g/mol. The Bertz CT molecular complexity index is 791. The molecule has 2 heterocycles. The molecule has 1 saturated heterocycles. The zero-order chi connectivity index (χ0) is 18.8. The van der Waals surface area contributed by atoms with E-state index in [1.165, 1.54) is 43.1 Å². The number of nitrogens with one attached hydrogen (secondary N) is 1. The number of thioether (sulfide) groups is 1. The summed E-state index contributed by atoms with van der Waals surface area (Å²) in [5.74, 6) is 2.09. The highest BCUT2D eigenvalue weighted by Gasteiger charge is 2.28. The minimum Gasteiger partial charge on any atom is -0.372 e. The van der Waals surface area contributed by atoms with Gasteiger partial charge in [0.2, 0.25) is 5.91 Å². The van der Waals surface area contributed by atoms with Crippen LogP contribution < -0.4 is 10.2 Å². The van der Waals surface area contributed by atoms with E-state index in [2.05, 4.69) is 44.0 Å². The molecule has 0 bridgehead atoms. The van der Waals surface area contributed by atoms with Gasteiger partial charge in [-0.15, -0.1) is 10.2 Å². The summed E-state index contributed by atoms with van der Waals surface area (Å²) in [6.07, 6.45) is 4.86. The third-order valence-electron chi connectivity index (χ3n) is 5.38. The van der Waals surface area contributed by atoms with E-state index >= 15 is 0 Å². The molecule has 7 heteroatoms. The van der Waals surface area contributed by atoms with Crippen molar-refractivity contribution < 1.29 is 4.79 Å². The van der Waals surface area contributed by atoms with Gasteiger partial charge in [-0.2, -0.15) is 0 Å². The number of hydrogen-bond donors (Lipinski definition) is 1. The normalized spacial score (nSPS) is 17.9. The number of carbonyl (C=O) groups is 1. The number of anilines is 2. The first-order valence-corrected chi connectivity index (χ1v) is 10.8. The molecule has 0 radical (unpaired) electrons. The van der Waals surface area contributed by atoms with Crippen LogP contribution in [0.3, 0.4) is 0 Å². The van der Waals surface area contributed by atoms with Crippen LogP contribution in [0.4, 0.5) is 11.4 Å². The first-order chi connectivity index (χ1) is 13.1. The molecule has 1 aliphatic heterocycles. The van der Waals surface area contributed by atoms with Crippen LogP contribution in [0, 0.1) is 12.8 Å². The number of hydrogen-bond acceptors (Lipinski definition) is 5. The second kappa shape index (κ2) is 7.92. The Kier molecular flexibility index (Phi) is 5.38. The second-order valence-electron chi connectivity index (χ2n) is 7.68. The molecular formula is C20H27N5OS. The summed E-state index contributed by atoms with van der Waals surface area (Å²) in [7, 11) is 0. The maximum absolute atomic E-state index is 12.3. The lowest BCUT2D eigenvalue weighted by Gasteiger charge is -2.32. The summed E-state index contributed by atoms with van der Waals surface area (Å²) >= 11 is 1.46. The Morgan fingerprint density at radius 1 is 1.15 bits per heavy atom. The third-order valence-corrected chi connectivity index (χ3v) is 6.32. The van der Waals surface area contributed by atoms with Crippen molar-refractivity contribution in [3.05, 3.63) is 30.1 Å². The summed E-state index contributed by atoms with van der Waals surface area (Å²) in [6.45, 7) is 6.53. The van der Waals surface area contributed by atoms with Crippen molar-refractivity contribution >= 4 is 29.0 Å². The van der Waals surface area contributed by atoms with E-state index < -0.39 is 0 Å². The molecule has 1 aromatic carbocycles. The van der Waals surface area contributed by atoms with Gasteiger partial charge in [0, 0.05) is 30.5 Å². The minimum absolute atomic E-state index is 0.0115. The average Bonchev–Trinajstić information content (AvgIpc) is 3.44. The lowest BCUT2D eigenvalue weighted by Crippen LogP contribution is -2.32. The Morgan fingerprint density at radius 3 is 2.52 bits per heavy atom. The standard InChI is InChI=1S/C20H27N5OS/c1-14-9-11-24(12-10-14)17-5-3-16(4-6-17)21-19(26)13-27-20-23-22-15(2)25(20)18-7-8-18/h3-6,14,18H,7-13H2,1-2H3,(H,21,26). The van der Waals surface area contributed by atoms with Gasteiger partial charge >= 0.3 is 0 Å². The first-order valence-electron chi connectivity index (χ1n) is 9.79. The van der Waals surface area contributed by atoms with Gasteiger partial charge in [-0.1, -0.05) is 18.7 Å². The van der Waals surface area contributed by atoms with Crippen molar-refractivity contribution in [2.24, 2.45) is 5.92 Å². The minimum atomic E-state index is -0.0115. The van der Waals surface area contributed by atoms with Crippen LogP contribution in [-0.2, 0) is 4.79 Å². The lowest BCUT2D eigenvalue weighted by atomic mass is 9.99. The molecule has 27 heavy (non-hydrogen) atoms. The Labute approximate surface area is 164 Å². The van der Waals surface area contributed by atoms with Crippen LogP contribution in [0.5, 0.6) is 0 Å². The van der Waals surface area contributed by atoms with Crippen LogP contribution in [0.1, 0.15) is 44.5 Å². The molecule has 2 aromatic rings. The van der Waals surface area contributed by atoms with Crippen molar-refractivity contribution in [3.63, 3.8) is 0 Å². The van der Waals surface area contributed by atoms with Crippen LogP contribution in [-0.4, -0.2) is 39.5 Å². The molecule has 1 amide bonds. The number of piperidine rings is 1. The first kappa shape index (κ1) is 18.3. The Hall–Kier alpha value is -2.02. The third kappa shape index (κ3) is 4.46. The summed E-state index contributed by atoms with van der Waals surface area (Å²) in [4.78, 5) is 14.7. The van der Waals surface area contributed by atoms with Crippen molar-refractivity contribution in [3.8, 4) is 0 Å². The second-order valence-corrected chi connectivity index (χ2v) is 8.63. The zero-order valence-corrected chi connectivity index (χ0v) is 16.8. The number of aryl methyl sites for hydroxylation is 1. The molecule has 0 atom stereocenters. The van der Waals surface area contributed by atoms with E-state index in [1.807, 2.05) is 19.1 Å². The molecule has 2 aliphatic rings. The maximum atomic E-state index is 12.3. The summed E-state index contributed by atoms with van der Waals surface area (Å²) in [5, 5.41) is 12.2. The monoisotopic (exact) mass is 385 g/mol. The van der Waals surface area contributed by atoms with Crippen LogP contribution in [0.15, 0.2) is 29.4 Å². The molecule has 0 spiro atoms.